The molecule has 0 radical (unpaired) electrons. The van der Waals surface area contributed by atoms with E-state index in [9.17, 15) is 5.11 Å². The van der Waals surface area contributed by atoms with E-state index < -0.39 is 6.10 Å². The summed E-state index contributed by atoms with van der Waals surface area (Å²) in [5.41, 5.74) is 2.16. The minimum absolute atomic E-state index is 0.261. The van der Waals surface area contributed by atoms with Crippen LogP contribution < -0.4 is 24.3 Å². The molecule has 0 bridgehead atoms. The monoisotopic (exact) mass is 390 g/mol. The van der Waals surface area contributed by atoms with Gasteiger partial charge in [0.15, 0.2) is 23.0 Å². The van der Waals surface area contributed by atoms with Crippen LogP contribution in [0, 0.1) is 0 Å². The number of hydrogen-bond donors (Lipinski definition) is 2. The van der Waals surface area contributed by atoms with Crippen LogP contribution in [0.15, 0.2) is 36.4 Å². The normalized spacial score (nSPS) is 13.4. The number of aliphatic hydroxyl groups excluding tert-OH is 1. The van der Waals surface area contributed by atoms with Crippen molar-refractivity contribution >= 4 is 0 Å². The van der Waals surface area contributed by atoms with Gasteiger partial charge in [0.05, 0.1) is 34.0 Å². The number of quaternary nitrogens is 1. The summed E-state index contributed by atoms with van der Waals surface area (Å²) >= 11 is 0. The number of aliphatic hydroxyl groups is 1. The first-order valence-electron chi connectivity index (χ1n) is 9.36. The first-order valence-corrected chi connectivity index (χ1v) is 9.36. The Kier molecular flexibility index (Phi) is 7.36. The number of methoxy groups -OCH3 is 2. The Morgan fingerprint density at radius 3 is 2.61 bits per heavy atom. The summed E-state index contributed by atoms with van der Waals surface area (Å²) in [5.74, 6) is 2.96. The van der Waals surface area contributed by atoms with Gasteiger partial charge in [-0.25, -0.2) is 0 Å². The molecule has 2 aromatic carbocycles. The number of rotatable bonds is 11. The molecule has 7 heteroatoms. The summed E-state index contributed by atoms with van der Waals surface area (Å²) in [6, 6.07) is 11.6. The van der Waals surface area contributed by atoms with Gasteiger partial charge in [0.1, 0.15) is 12.6 Å². The summed E-state index contributed by atoms with van der Waals surface area (Å²) in [5, 5.41) is 12.2. The fourth-order valence-corrected chi connectivity index (χ4v) is 3.03. The molecular formula is C21H28NO6+. The lowest BCUT2D eigenvalue weighted by Gasteiger charge is -2.12. The quantitative estimate of drug-likeness (QED) is 0.560. The van der Waals surface area contributed by atoms with Gasteiger partial charge in [-0.15, -0.1) is 0 Å². The molecule has 0 spiro atoms. The smallest absolute Gasteiger partial charge is 0.231 e. The van der Waals surface area contributed by atoms with Crippen LogP contribution in [0.5, 0.6) is 23.0 Å². The molecule has 0 saturated carbocycles. The molecule has 1 heterocycles. The van der Waals surface area contributed by atoms with Crippen molar-refractivity contribution in [1.82, 2.24) is 0 Å². The van der Waals surface area contributed by atoms with E-state index in [4.69, 9.17) is 23.7 Å². The van der Waals surface area contributed by atoms with E-state index in [1.54, 1.807) is 14.2 Å². The highest BCUT2D eigenvalue weighted by Gasteiger charge is 2.14. The largest absolute Gasteiger partial charge is 0.493 e. The predicted molar refractivity (Wildman–Crippen MR) is 103 cm³/mol. The number of ether oxygens (including phenoxy) is 5. The van der Waals surface area contributed by atoms with Crippen molar-refractivity contribution in [3.05, 3.63) is 47.5 Å². The fraction of sp³-hybridized carbons (Fsp3) is 0.429. The molecule has 7 nitrogen and oxygen atoms in total. The van der Waals surface area contributed by atoms with Crippen molar-refractivity contribution in [3.8, 4) is 23.0 Å². The first-order chi connectivity index (χ1) is 13.7. The van der Waals surface area contributed by atoms with Crippen molar-refractivity contribution in [1.29, 1.82) is 0 Å². The van der Waals surface area contributed by atoms with Crippen molar-refractivity contribution in [2.75, 3.05) is 40.7 Å². The van der Waals surface area contributed by atoms with Gasteiger partial charge < -0.3 is 34.1 Å². The van der Waals surface area contributed by atoms with Gasteiger partial charge in [-0.05, 0) is 35.4 Å². The van der Waals surface area contributed by atoms with Gasteiger partial charge in [0, 0.05) is 6.42 Å². The molecule has 0 unspecified atom stereocenters. The van der Waals surface area contributed by atoms with Crippen LogP contribution >= 0.6 is 0 Å². The maximum Gasteiger partial charge on any atom is 0.231 e. The lowest BCUT2D eigenvalue weighted by Crippen LogP contribution is -2.87. The molecular weight excluding hydrogens is 362 g/mol. The Morgan fingerprint density at radius 2 is 1.79 bits per heavy atom. The maximum absolute atomic E-state index is 10.1. The summed E-state index contributed by atoms with van der Waals surface area (Å²) in [6.07, 6.45) is 0.366. The molecule has 3 N–H and O–H groups in total. The molecule has 0 aromatic heterocycles. The van der Waals surface area contributed by atoms with E-state index in [1.165, 1.54) is 5.56 Å². The highest BCUT2D eigenvalue weighted by Crippen LogP contribution is 2.32. The Hall–Kier alpha value is -2.48. The summed E-state index contributed by atoms with van der Waals surface area (Å²) in [4.78, 5) is 0. The molecule has 1 aliphatic rings. The highest BCUT2D eigenvalue weighted by atomic mass is 16.7. The van der Waals surface area contributed by atoms with Crippen molar-refractivity contribution in [2.45, 2.75) is 19.1 Å². The molecule has 0 amide bonds. The molecule has 3 rings (SSSR count). The van der Waals surface area contributed by atoms with Crippen LogP contribution in [-0.2, 0) is 17.8 Å². The number of fused-ring (bicyclic) bond motifs is 1. The van der Waals surface area contributed by atoms with Crippen LogP contribution in [0.1, 0.15) is 11.1 Å². The van der Waals surface area contributed by atoms with Gasteiger partial charge in [-0.2, -0.15) is 0 Å². The number of hydrogen-bond acceptors (Lipinski definition) is 6. The summed E-state index contributed by atoms with van der Waals surface area (Å²) in [6.45, 7) is 2.45. The Bertz CT molecular complexity index is 767. The molecule has 0 aliphatic carbocycles. The van der Waals surface area contributed by atoms with Crippen LogP contribution in [0.3, 0.4) is 0 Å². The van der Waals surface area contributed by atoms with Crippen LogP contribution in [0.2, 0.25) is 0 Å². The molecule has 1 atom stereocenters. The topological polar surface area (TPSA) is 83.0 Å². The second-order valence-corrected chi connectivity index (χ2v) is 6.61. The van der Waals surface area contributed by atoms with E-state index in [1.807, 2.05) is 36.4 Å². The van der Waals surface area contributed by atoms with Crippen molar-refractivity contribution in [3.63, 3.8) is 0 Å². The third kappa shape index (κ3) is 5.51. The van der Waals surface area contributed by atoms with Gasteiger partial charge in [-0.1, -0.05) is 12.1 Å². The maximum atomic E-state index is 10.1. The number of nitrogens with two attached hydrogens (primary N) is 1. The Labute approximate surface area is 165 Å². The van der Waals surface area contributed by atoms with Crippen molar-refractivity contribution < 1.29 is 34.1 Å². The van der Waals surface area contributed by atoms with E-state index in [0.29, 0.717) is 19.8 Å². The molecule has 0 saturated heterocycles. The third-order valence-corrected chi connectivity index (χ3v) is 4.54. The average molecular weight is 390 g/mol. The third-order valence-electron chi connectivity index (χ3n) is 4.54. The van der Waals surface area contributed by atoms with E-state index in [0.717, 1.165) is 41.5 Å². The second-order valence-electron chi connectivity index (χ2n) is 6.61. The molecule has 2 aromatic rings. The van der Waals surface area contributed by atoms with E-state index in [2.05, 4.69) is 5.32 Å². The average Bonchev–Trinajstić information content (AvgIpc) is 3.19. The molecule has 28 heavy (non-hydrogen) atoms. The predicted octanol–water partition coefficient (Wildman–Crippen LogP) is 1.12. The van der Waals surface area contributed by atoms with E-state index in [-0.39, 0.29) is 6.79 Å². The zero-order chi connectivity index (χ0) is 19.8. The molecule has 152 valence electrons. The number of benzene rings is 2. The minimum Gasteiger partial charge on any atom is -0.493 e. The van der Waals surface area contributed by atoms with Gasteiger partial charge in [0.2, 0.25) is 6.79 Å². The zero-order valence-electron chi connectivity index (χ0n) is 16.3. The standard InChI is InChI=1S/C21H27NO6/c1-24-18-5-3-15(9-20(18)25-2)7-8-22-11-17(23)13-26-12-16-4-6-19-21(10-16)28-14-27-19/h3-6,9-10,17,22-23H,7-8,11-14H2,1-2H3/p+1/t17-/m1/s1. The van der Waals surface area contributed by atoms with Gasteiger partial charge in [0.25, 0.3) is 0 Å². The Morgan fingerprint density at radius 1 is 1.00 bits per heavy atom. The van der Waals surface area contributed by atoms with E-state index >= 15 is 0 Å². The second kappa shape index (κ2) is 10.2. The lowest BCUT2D eigenvalue weighted by atomic mass is 10.1. The fourth-order valence-electron chi connectivity index (χ4n) is 3.03. The van der Waals surface area contributed by atoms with Crippen LogP contribution in [0.4, 0.5) is 0 Å². The Balaban J connectivity index is 1.32. The minimum atomic E-state index is -0.514. The van der Waals surface area contributed by atoms with Crippen LogP contribution in [0.25, 0.3) is 0 Å². The highest BCUT2D eigenvalue weighted by molar-refractivity contribution is 5.44. The molecule has 0 fully saturated rings. The first kappa shape index (κ1) is 20.3. The SMILES string of the molecule is COc1ccc(CC[NH2+]C[C@@H](O)COCc2ccc3c(c2)OCO3)cc1OC. The van der Waals surface area contributed by atoms with Crippen LogP contribution in [-0.4, -0.2) is 51.9 Å². The summed E-state index contributed by atoms with van der Waals surface area (Å²) in [7, 11) is 3.26. The van der Waals surface area contributed by atoms with Gasteiger partial charge in [-0.3, -0.25) is 0 Å². The lowest BCUT2D eigenvalue weighted by molar-refractivity contribution is -0.660. The molecule has 1 aliphatic heterocycles. The zero-order valence-corrected chi connectivity index (χ0v) is 16.3. The van der Waals surface area contributed by atoms with Crippen molar-refractivity contribution in [2.24, 2.45) is 0 Å². The summed E-state index contributed by atoms with van der Waals surface area (Å²) < 4.78 is 26.8. The van der Waals surface area contributed by atoms with Gasteiger partial charge >= 0.3 is 0 Å².